The molecule has 2 rings (SSSR count). The van der Waals surface area contributed by atoms with Crippen LogP contribution in [0, 0.1) is 11.3 Å². The molecular weight excluding hydrogens is 356 g/mol. The molecule has 28 heavy (non-hydrogen) atoms. The smallest absolute Gasteiger partial charge is 0.262 e. The zero-order chi connectivity index (χ0) is 20.5. The van der Waals surface area contributed by atoms with Gasteiger partial charge in [0.2, 0.25) is 5.75 Å². The lowest BCUT2D eigenvalue weighted by Gasteiger charge is -2.15. The van der Waals surface area contributed by atoms with Gasteiger partial charge in [0.1, 0.15) is 18.2 Å². The van der Waals surface area contributed by atoms with E-state index in [-0.39, 0.29) is 11.6 Å². The van der Waals surface area contributed by atoms with E-state index in [1.165, 1.54) is 20.3 Å². The third kappa shape index (κ3) is 5.52. The van der Waals surface area contributed by atoms with Gasteiger partial charge in [-0.3, -0.25) is 4.79 Å². The fourth-order valence-electron chi connectivity index (χ4n) is 2.51. The van der Waals surface area contributed by atoms with Crippen molar-refractivity contribution in [1.82, 2.24) is 5.32 Å². The number of rotatable bonds is 8. The van der Waals surface area contributed by atoms with Crippen molar-refractivity contribution in [3.63, 3.8) is 0 Å². The molecule has 0 aliphatic rings. The van der Waals surface area contributed by atoms with Gasteiger partial charge < -0.3 is 19.5 Å². The Hall–Kier alpha value is -3.46. The van der Waals surface area contributed by atoms with Gasteiger partial charge in [-0.25, -0.2) is 0 Å². The Bertz CT molecular complexity index is 858. The zero-order valence-corrected chi connectivity index (χ0v) is 16.5. The number of hydrogen-bond acceptors (Lipinski definition) is 5. The third-order valence-corrected chi connectivity index (χ3v) is 3.80. The number of benzene rings is 2. The number of ether oxygens (including phenoxy) is 3. The van der Waals surface area contributed by atoms with Gasteiger partial charge in [-0.2, -0.15) is 5.26 Å². The number of amides is 1. The van der Waals surface area contributed by atoms with Gasteiger partial charge in [-0.05, 0) is 43.2 Å². The molecule has 6 nitrogen and oxygen atoms in total. The first-order chi connectivity index (χ1) is 13.5. The minimum Gasteiger partial charge on any atom is -0.493 e. The van der Waals surface area contributed by atoms with Crippen LogP contribution in [0.1, 0.15) is 25.0 Å². The summed E-state index contributed by atoms with van der Waals surface area (Å²) in [7, 11) is 3.04. The minimum absolute atomic E-state index is 0.00393. The van der Waals surface area contributed by atoms with Crippen LogP contribution in [-0.4, -0.2) is 26.2 Å². The van der Waals surface area contributed by atoms with Crippen molar-refractivity contribution < 1.29 is 19.0 Å². The Labute approximate surface area is 165 Å². The van der Waals surface area contributed by atoms with Gasteiger partial charge in [-0.1, -0.05) is 30.3 Å². The lowest BCUT2D eigenvalue weighted by Crippen LogP contribution is -2.30. The van der Waals surface area contributed by atoms with Crippen molar-refractivity contribution in [1.29, 1.82) is 5.26 Å². The highest BCUT2D eigenvalue weighted by Crippen LogP contribution is 2.39. The molecule has 146 valence electrons. The molecule has 0 fully saturated rings. The topological polar surface area (TPSA) is 80.6 Å². The molecule has 0 aromatic heterocycles. The molecule has 6 heteroatoms. The molecule has 0 aliphatic heterocycles. The highest BCUT2D eigenvalue weighted by molar-refractivity contribution is 6.01. The van der Waals surface area contributed by atoms with Crippen molar-refractivity contribution >= 4 is 12.0 Å². The summed E-state index contributed by atoms with van der Waals surface area (Å²) in [5, 5.41) is 12.0. The van der Waals surface area contributed by atoms with Gasteiger partial charge in [-0.15, -0.1) is 0 Å². The maximum absolute atomic E-state index is 12.1. The number of nitrogens with zero attached hydrogens (tertiary/aromatic N) is 1. The standard InChI is InChI=1S/C22H24N2O4/c1-15(2)24-22(25)18(13-23)10-17-11-19(26-3)21(20(12-17)27-4)28-14-16-8-6-5-7-9-16/h5-12,15H,14H2,1-4H3,(H,24,25)/b18-10+. The van der Waals surface area contributed by atoms with Gasteiger partial charge in [0.15, 0.2) is 11.5 Å². The largest absolute Gasteiger partial charge is 0.493 e. The summed E-state index contributed by atoms with van der Waals surface area (Å²) in [4.78, 5) is 12.1. The summed E-state index contributed by atoms with van der Waals surface area (Å²) >= 11 is 0. The SMILES string of the molecule is COc1cc(/C=C(\C#N)C(=O)NC(C)C)cc(OC)c1OCc1ccccc1. The zero-order valence-electron chi connectivity index (χ0n) is 16.5. The molecule has 2 aromatic rings. The van der Waals surface area contributed by atoms with Crippen LogP contribution < -0.4 is 19.5 Å². The second-order valence-corrected chi connectivity index (χ2v) is 6.33. The second-order valence-electron chi connectivity index (χ2n) is 6.33. The van der Waals surface area contributed by atoms with Crippen molar-refractivity contribution in [3.05, 3.63) is 59.2 Å². The fraction of sp³-hybridized carbons (Fsp3) is 0.273. The Morgan fingerprint density at radius 2 is 1.75 bits per heavy atom. The first-order valence-corrected chi connectivity index (χ1v) is 8.83. The van der Waals surface area contributed by atoms with Crippen LogP contribution in [0.2, 0.25) is 0 Å². The quantitative estimate of drug-likeness (QED) is 0.558. The number of carbonyl (C=O) groups excluding carboxylic acids is 1. The summed E-state index contributed by atoms with van der Waals surface area (Å²) < 4.78 is 16.8. The molecule has 0 aliphatic carbocycles. The van der Waals surface area contributed by atoms with Gasteiger partial charge in [0.05, 0.1) is 14.2 Å². The number of nitrogens with one attached hydrogen (secondary N) is 1. The lowest BCUT2D eigenvalue weighted by molar-refractivity contribution is -0.117. The monoisotopic (exact) mass is 380 g/mol. The van der Waals surface area contributed by atoms with Crippen molar-refractivity contribution in [2.75, 3.05) is 14.2 Å². The minimum atomic E-state index is -0.431. The molecule has 0 unspecified atom stereocenters. The van der Waals surface area contributed by atoms with E-state index in [0.717, 1.165) is 5.56 Å². The number of nitriles is 1. The molecule has 0 saturated heterocycles. The van der Waals surface area contributed by atoms with Gasteiger partial charge in [0, 0.05) is 6.04 Å². The lowest BCUT2D eigenvalue weighted by atomic mass is 10.1. The molecule has 2 aromatic carbocycles. The normalized spacial score (nSPS) is 10.9. The third-order valence-electron chi connectivity index (χ3n) is 3.80. The fourth-order valence-corrected chi connectivity index (χ4v) is 2.51. The molecule has 0 saturated carbocycles. The molecule has 0 heterocycles. The van der Waals surface area contributed by atoms with Crippen LogP contribution in [0.5, 0.6) is 17.2 Å². The second kappa shape index (κ2) is 10.0. The summed E-state index contributed by atoms with van der Waals surface area (Å²) in [5.74, 6) is 0.919. The molecule has 0 spiro atoms. The van der Waals surface area contributed by atoms with Crippen molar-refractivity contribution in [3.8, 4) is 23.3 Å². The highest BCUT2D eigenvalue weighted by Gasteiger charge is 2.16. The van der Waals surface area contributed by atoms with E-state index in [2.05, 4.69) is 5.32 Å². The summed E-state index contributed by atoms with van der Waals surface area (Å²) in [5.41, 5.74) is 1.60. The van der Waals surface area contributed by atoms with Crippen molar-refractivity contribution in [2.45, 2.75) is 26.5 Å². The van der Waals surface area contributed by atoms with E-state index in [1.54, 1.807) is 12.1 Å². The first kappa shape index (κ1) is 20.8. The Morgan fingerprint density at radius 3 is 2.25 bits per heavy atom. The van der Waals surface area contributed by atoms with E-state index >= 15 is 0 Å². The van der Waals surface area contributed by atoms with Crippen LogP contribution in [0.15, 0.2) is 48.0 Å². The first-order valence-electron chi connectivity index (χ1n) is 8.83. The van der Waals surface area contributed by atoms with Crippen molar-refractivity contribution in [2.24, 2.45) is 0 Å². The highest BCUT2D eigenvalue weighted by atomic mass is 16.5. The Morgan fingerprint density at radius 1 is 1.14 bits per heavy atom. The van der Waals surface area contributed by atoms with Crippen LogP contribution in [0.3, 0.4) is 0 Å². The van der Waals surface area contributed by atoms with Crippen LogP contribution in [0.25, 0.3) is 6.08 Å². The maximum atomic E-state index is 12.1. The molecule has 0 radical (unpaired) electrons. The molecule has 0 atom stereocenters. The van der Waals surface area contributed by atoms with E-state index in [0.29, 0.717) is 29.4 Å². The Balaban J connectivity index is 2.34. The van der Waals surface area contributed by atoms with E-state index in [9.17, 15) is 10.1 Å². The summed E-state index contributed by atoms with van der Waals surface area (Å²) in [6.45, 7) is 4.01. The predicted octanol–water partition coefficient (Wildman–Crippen LogP) is 3.71. The van der Waals surface area contributed by atoms with Crippen LogP contribution >= 0.6 is 0 Å². The average Bonchev–Trinajstić information content (AvgIpc) is 2.70. The van der Waals surface area contributed by atoms with Gasteiger partial charge in [0.25, 0.3) is 5.91 Å². The van der Waals surface area contributed by atoms with Crippen LogP contribution in [-0.2, 0) is 11.4 Å². The van der Waals surface area contributed by atoms with E-state index in [1.807, 2.05) is 50.2 Å². The maximum Gasteiger partial charge on any atom is 0.262 e. The predicted molar refractivity (Wildman–Crippen MR) is 107 cm³/mol. The number of hydrogen-bond donors (Lipinski definition) is 1. The van der Waals surface area contributed by atoms with Gasteiger partial charge >= 0.3 is 0 Å². The summed E-state index contributed by atoms with van der Waals surface area (Å²) in [6.07, 6.45) is 1.49. The number of carbonyl (C=O) groups is 1. The molecule has 0 bridgehead atoms. The molecule has 1 N–H and O–H groups in total. The van der Waals surface area contributed by atoms with E-state index < -0.39 is 5.91 Å². The number of methoxy groups -OCH3 is 2. The average molecular weight is 380 g/mol. The van der Waals surface area contributed by atoms with E-state index in [4.69, 9.17) is 14.2 Å². The summed E-state index contributed by atoms with van der Waals surface area (Å²) in [6, 6.07) is 15.0. The molecule has 1 amide bonds. The Kier molecular flexibility index (Phi) is 7.46. The van der Waals surface area contributed by atoms with Crippen LogP contribution in [0.4, 0.5) is 0 Å². The molecular formula is C22H24N2O4.